The number of nitrogens with one attached hydrogen (secondary N) is 2. The fraction of sp³-hybridized carbons (Fsp3) is 0.842. The van der Waals surface area contributed by atoms with Crippen LogP contribution in [-0.2, 0) is 27.4 Å². The molecule has 2 heterocycles. The Morgan fingerprint density at radius 1 is 0.750 bits per heavy atom. The fourth-order valence-electron chi connectivity index (χ4n) is 7.25. The Balaban J connectivity index is 0.000000284. The number of aliphatic hydroxyl groups excluding tert-OH is 2. The van der Waals surface area contributed by atoms with E-state index in [1.54, 1.807) is 0 Å². The molecule has 0 aromatic carbocycles. The molecule has 0 unspecified atom stereocenters. The molecule has 4 rings (SSSR count). The lowest BCUT2D eigenvalue weighted by atomic mass is 9.84. The molecule has 2 atom stereocenters. The van der Waals surface area contributed by atoms with E-state index in [0.29, 0.717) is 49.6 Å². The molecule has 0 spiro atoms. The first-order chi connectivity index (χ1) is 25.1. The van der Waals surface area contributed by atoms with E-state index >= 15 is 0 Å². The minimum atomic E-state index is -0.837. The second-order valence-corrected chi connectivity index (χ2v) is 15.6. The van der Waals surface area contributed by atoms with E-state index in [1.807, 2.05) is 20.8 Å². The maximum Gasteiger partial charge on any atom is 0.307 e. The van der Waals surface area contributed by atoms with Crippen LogP contribution in [0.1, 0.15) is 172 Å². The van der Waals surface area contributed by atoms with E-state index in [9.17, 15) is 9.59 Å². The van der Waals surface area contributed by atoms with Crippen molar-refractivity contribution in [2.75, 3.05) is 26.3 Å². The molecule has 5 N–H and O–H groups in total. The van der Waals surface area contributed by atoms with Crippen LogP contribution in [0.4, 0.5) is 0 Å². The zero-order valence-electron chi connectivity index (χ0n) is 32.0. The largest absolute Gasteiger partial charge is 0.481 e. The van der Waals surface area contributed by atoms with Gasteiger partial charge in [-0.1, -0.05) is 100 Å². The predicted octanol–water partition coefficient (Wildman–Crippen LogP) is 6.18. The molecule has 0 aliphatic heterocycles. The predicted molar refractivity (Wildman–Crippen MR) is 195 cm³/mol. The third kappa shape index (κ3) is 18.2. The first-order valence-corrected chi connectivity index (χ1v) is 19.8. The van der Waals surface area contributed by atoms with Gasteiger partial charge in [0.05, 0.1) is 39.1 Å². The van der Waals surface area contributed by atoms with Crippen molar-refractivity contribution < 1.29 is 38.7 Å². The molecule has 14 heteroatoms. The lowest BCUT2D eigenvalue weighted by Gasteiger charge is -2.23. The smallest absolute Gasteiger partial charge is 0.307 e. The summed E-state index contributed by atoms with van der Waals surface area (Å²) in [6.07, 6.45) is 19.7. The molecule has 2 aromatic heterocycles. The van der Waals surface area contributed by atoms with E-state index < -0.39 is 11.6 Å². The number of aromatic nitrogens is 4. The molecule has 52 heavy (non-hydrogen) atoms. The minimum Gasteiger partial charge on any atom is -0.481 e. The monoisotopic (exact) mass is 734 g/mol. The Morgan fingerprint density at radius 3 is 1.60 bits per heavy atom. The molecule has 2 aromatic rings. The molecule has 2 fully saturated rings. The summed E-state index contributed by atoms with van der Waals surface area (Å²) in [6.45, 7) is 7.52. The minimum absolute atomic E-state index is 0.0242. The van der Waals surface area contributed by atoms with Crippen LogP contribution in [0.25, 0.3) is 0 Å². The van der Waals surface area contributed by atoms with E-state index in [4.69, 9.17) is 29.1 Å². The number of hydrogen-bond donors (Lipinski definition) is 5. The van der Waals surface area contributed by atoms with E-state index in [1.165, 1.54) is 70.6 Å². The average Bonchev–Trinajstić information content (AvgIpc) is 3.78. The highest BCUT2D eigenvalue weighted by molar-refractivity contribution is 5.70. The topological polar surface area (TPSA) is 206 Å². The summed E-state index contributed by atoms with van der Waals surface area (Å²) < 4.78 is 16.2. The van der Waals surface area contributed by atoms with Gasteiger partial charge in [-0.15, -0.1) is 0 Å². The molecule has 0 radical (unpaired) electrons. The Hall–Kier alpha value is -2.94. The highest BCUT2D eigenvalue weighted by Gasteiger charge is 2.27. The molecule has 14 nitrogen and oxygen atoms in total. The van der Waals surface area contributed by atoms with Gasteiger partial charge in [-0.05, 0) is 45.4 Å². The SMILES string of the molecule is CC(C)(C)OC(=O)C[C@@H](CCCC1CCCCC1)c1nc(CNCCO)no1.O=C(O)C[C@@H](CCCC1CCCCC1)c1nc(CNCCO)no1. The van der Waals surface area contributed by atoms with Crippen LogP contribution < -0.4 is 10.6 Å². The first kappa shape index (κ1) is 43.5. The number of aliphatic carboxylic acids is 1. The number of nitrogens with zero attached hydrogens (tertiary/aromatic N) is 4. The highest BCUT2D eigenvalue weighted by Crippen LogP contribution is 2.33. The molecule has 2 aliphatic rings. The van der Waals surface area contributed by atoms with Crippen molar-refractivity contribution in [1.82, 2.24) is 30.9 Å². The van der Waals surface area contributed by atoms with Crippen molar-refractivity contribution in [2.24, 2.45) is 11.8 Å². The number of hydrogen-bond acceptors (Lipinski definition) is 13. The van der Waals surface area contributed by atoms with Crippen molar-refractivity contribution in [3.05, 3.63) is 23.4 Å². The summed E-state index contributed by atoms with van der Waals surface area (Å²) in [5.41, 5.74) is -0.502. The summed E-state index contributed by atoms with van der Waals surface area (Å²) >= 11 is 0. The molecule has 2 aliphatic carbocycles. The van der Waals surface area contributed by atoms with Gasteiger partial charge < -0.3 is 39.7 Å². The van der Waals surface area contributed by atoms with Gasteiger partial charge >= 0.3 is 11.9 Å². The summed E-state index contributed by atoms with van der Waals surface area (Å²) in [5, 5.41) is 40.7. The Labute approximate surface area is 309 Å². The van der Waals surface area contributed by atoms with Gasteiger partial charge in [0.2, 0.25) is 11.8 Å². The van der Waals surface area contributed by atoms with Gasteiger partial charge in [0.1, 0.15) is 5.60 Å². The molecule has 0 amide bonds. The Kier molecular flexibility index (Phi) is 20.4. The lowest BCUT2D eigenvalue weighted by molar-refractivity contribution is -0.155. The second kappa shape index (κ2) is 24.4. The van der Waals surface area contributed by atoms with E-state index in [2.05, 4.69) is 30.9 Å². The van der Waals surface area contributed by atoms with Crippen LogP contribution in [0.3, 0.4) is 0 Å². The second-order valence-electron chi connectivity index (χ2n) is 15.6. The van der Waals surface area contributed by atoms with Gasteiger partial charge in [0, 0.05) is 24.9 Å². The van der Waals surface area contributed by atoms with Crippen LogP contribution in [0.5, 0.6) is 0 Å². The maximum absolute atomic E-state index is 12.4. The molecular formula is C38H66N6O8. The number of aliphatic hydroxyl groups is 2. The van der Waals surface area contributed by atoms with Gasteiger partial charge in [-0.25, -0.2) is 0 Å². The quantitative estimate of drug-likeness (QED) is 0.0677. The zero-order valence-corrected chi connectivity index (χ0v) is 32.0. The fourth-order valence-corrected chi connectivity index (χ4v) is 7.25. The first-order valence-electron chi connectivity index (χ1n) is 19.8. The summed E-state index contributed by atoms with van der Waals surface area (Å²) in [6, 6.07) is 0. The lowest BCUT2D eigenvalue weighted by Crippen LogP contribution is -2.25. The number of carboxylic acid groups (broad SMARTS) is 1. The number of rotatable bonds is 22. The molecule has 296 valence electrons. The van der Waals surface area contributed by atoms with Gasteiger partial charge in [0.25, 0.3) is 0 Å². The molecule has 0 bridgehead atoms. The molecular weight excluding hydrogens is 668 g/mol. The standard InChI is InChI=1S/C21H37N3O4.C17H29N3O4/c1-21(2,3)27-19(26)14-17(11-7-10-16-8-5-4-6-9-16)20-23-18(24-28-20)15-22-12-13-25;21-10-9-18-12-15-19-17(24-20-15)14(11-16(22)23)8-4-7-13-5-2-1-3-6-13/h16-17,22,25H,4-15H2,1-3H3;13-14,18,21H,1-12H2,(H,22,23)/t17-;14-/m11/s1. The maximum atomic E-state index is 12.4. The van der Waals surface area contributed by atoms with Crippen LogP contribution in [0.2, 0.25) is 0 Å². The number of carbonyl (C=O) groups is 2. The highest BCUT2D eigenvalue weighted by atomic mass is 16.6. The van der Waals surface area contributed by atoms with Crippen LogP contribution in [-0.4, -0.2) is 79.4 Å². The van der Waals surface area contributed by atoms with E-state index in [0.717, 1.165) is 43.9 Å². The molecule has 2 saturated carbocycles. The third-order valence-corrected chi connectivity index (χ3v) is 9.84. The Bertz CT molecular complexity index is 1250. The Morgan fingerprint density at radius 2 is 1.19 bits per heavy atom. The average molecular weight is 735 g/mol. The normalized spacial score (nSPS) is 16.9. The number of carbonyl (C=O) groups excluding carboxylic acids is 1. The van der Waals surface area contributed by atoms with E-state index in [-0.39, 0.29) is 43.9 Å². The van der Waals surface area contributed by atoms with Crippen LogP contribution in [0.15, 0.2) is 9.05 Å². The number of ether oxygens (including phenoxy) is 1. The zero-order chi connectivity index (χ0) is 37.6. The summed E-state index contributed by atoms with van der Waals surface area (Å²) in [4.78, 5) is 32.3. The van der Waals surface area contributed by atoms with Gasteiger partial charge in [-0.2, -0.15) is 9.97 Å². The van der Waals surface area contributed by atoms with Gasteiger partial charge in [0.15, 0.2) is 11.6 Å². The van der Waals surface area contributed by atoms with Crippen molar-refractivity contribution in [2.45, 2.75) is 167 Å². The number of carboxylic acids is 1. The van der Waals surface area contributed by atoms with Crippen LogP contribution >= 0.6 is 0 Å². The van der Waals surface area contributed by atoms with Crippen molar-refractivity contribution in [3.8, 4) is 0 Å². The van der Waals surface area contributed by atoms with Crippen molar-refractivity contribution in [3.63, 3.8) is 0 Å². The van der Waals surface area contributed by atoms with Gasteiger partial charge in [-0.3, -0.25) is 9.59 Å². The van der Waals surface area contributed by atoms with Crippen molar-refractivity contribution >= 4 is 11.9 Å². The summed E-state index contributed by atoms with van der Waals surface area (Å²) in [5.74, 6) is 2.19. The van der Waals surface area contributed by atoms with Crippen molar-refractivity contribution in [1.29, 1.82) is 0 Å². The third-order valence-electron chi connectivity index (χ3n) is 9.84. The molecule has 0 saturated heterocycles. The number of esters is 1. The summed E-state index contributed by atoms with van der Waals surface area (Å²) in [7, 11) is 0. The van der Waals surface area contributed by atoms with Crippen LogP contribution in [0, 0.1) is 11.8 Å².